The Labute approximate surface area is 119 Å². The predicted molar refractivity (Wildman–Crippen MR) is 78.1 cm³/mol. The highest BCUT2D eigenvalue weighted by Crippen LogP contribution is 2.44. The minimum atomic E-state index is -0.115. The molecule has 1 heterocycles. The van der Waals surface area contributed by atoms with Crippen molar-refractivity contribution in [3.63, 3.8) is 0 Å². The molecular formula is C17H20O3. The molecule has 0 amide bonds. The maximum atomic E-state index is 11.4. The molecule has 1 N–H and O–H groups in total. The number of hydrogen-bond donors (Lipinski definition) is 1. The van der Waals surface area contributed by atoms with Crippen molar-refractivity contribution in [2.24, 2.45) is 5.92 Å². The van der Waals surface area contributed by atoms with Crippen molar-refractivity contribution in [1.29, 1.82) is 0 Å². The van der Waals surface area contributed by atoms with Crippen molar-refractivity contribution in [2.45, 2.75) is 46.1 Å². The number of rotatable bonds is 2. The number of hydrogen-bond acceptors (Lipinski definition) is 3. The highest BCUT2D eigenvalue weighted by Gasteiger charge is 2.35. The van der Waals surface area contributed by atoms with E-state index in [9.17, 15) is 9.90 Å². The number of ether oxygens (including phenoxy) is 1. The van der Waals surface area contributed by atoms with Crippen LogP contribution in [-0.4, -0.2) is 17.5 Å². The van der Waals surface area contributed by atoms with Crippen LogP contribution in [0.2, 0.25) is 0 Å². The molecule has 1 aliphatic heterocycles. The molecule has 1 aromatic rings. The summed E-state index contributed by atoms with van der Waals surface area (Å²) in [5.74, 6) is 1.59. The SMILES string of the molecule is Cc1c(C)c2c(c(C)c1O)C=C(C=O)C(C1CCC1)O2. The van der Waals surface area contributed by atoms with Crippen molar-refractivity contribution in [3.05, 3.63) is 27.8 Å². The maximum Gasteiger partial charge on any atom is 0.149 e. The smallest absolute Gasteiger partial charge is 0.149 e. The molecule has 0 spiro atoms. The summed E-state index contributed by atoms with van der Waals surface area (Å²) in [4.78, 5) is 11.4. The van der Waals surface area contributed by atoms with Gasteiger partial charge in [0.25, 0.3) is 0 Å². The van der Waals surface area contributed by atoms with Crippen LogP contribution in [0.4, 0.5) is 0 Å². The predicted octanol–water partition coefficient (Wildman–Crippen LogP) is 3.46. The Balaban J connectivity index is 2.15. The molecule has 1 saturated carbocycles. The van der Waals surface area contributed by atoms with Gasteiger partial charge >= 0.3 is 0 Å². The van der Waals surface area contributed by atoms with Gasteiger partial charge in [-0.15, -0.1) is 0 Å². The van der Waals surface area contributed by atoms with Crippen molar-refractivity contribution < 1.29 is 14.6 Å². The number of carbonyl (C=O) groups excluding carboxylic acids is 1. The zero-order valence-electron chi connectivity index (χ0n) is 12.2. The fraction of sp³-hybridized carbons (Fsp3) is 0.471. The lowest BCUT2D eigenvalue weighted by atomic mass is 9.77. The second kappa shape index (κ2) is 4.65. The third-order valence-corrected chi connectivity index (χ3v) is 4.86. The molecular weight excluding hydrogens is 252 g/mol. The lowest BCUT2D eigenvalue weighted by Crippen LogP contribution is -2.36. The van der Waals surface area contributed by atoms with Gasteiger partial charge in [0.2, 0.25) is 0 Å². The monoisotopic (exact) mass is 272 g/mol. The van der Waals surface area contributed by atoms with Gasteiger partial charge in [-0.05, 0) is 50.8 Å². The molecule has 1 fully saturated rings. The van der Waals surface area contributed by atoms with E-state index >= 15 is 0 Å². The van der Waals surface area contributed by atoms with Crippen molar-refractivity contribution >= 4 is 12.4 Å². The van der Waals surface area contributed by atoms with E-state index in [2.05, 4.69) is 0 Å². The van der Waals surface area contributed by atoms with Crippen LogP contribution in [0.1, 0.15) is 41.5 Å². The van der Waals surface area contributed by atoms with Crippen LogP contribution in [0.5, 0.6) is 11.5 Å². The quantitative estimate of drug-likeness (QED) is 0.839. The fourth-order valence-corrected chi connectivity index (χ4v) is 3.11. The van der Waals surface area contributed by atoms with Gasteiger partial charge in [0, 0.05) is 22.6 Å². The topological polar surface area (TPSA) is 46.5 Å². The van der Waals surface area contributed by atoms with Crippen LogP contribution in [0.3, 0.4) is 0 Å². The second-order valence-electron chi connectivity index (χ2n) is 5.96. The summed E-state index contributed by atoms with van der Waals surface area (Å²) in [5.41, 5.74) is 4.16. The number of aromatic hydroxyl groups is 1. The molecule has 106 valence electrons. The Bertz CT molecular complexity index is 609. The maximum absolute atomic E-state index is 11.4. The van der Waals surface area contributed by atoms with Gasteiger partial charge in [-0.2, -0.15) is 0 Å². The van der Waals surface area contributed by atoms with E-state index < -0.39 is 0 Å². The van der Waals surface area contributed by atoms with Crippen molar-refractivity contribution in [2.75, 3.05) is 0 Å². The van der Waals surface area contributed by atoms with Crippen LogP contribution < -0.4 is 4.74 Å². The first-order chi connectivity index (χ1) is 9.54. The summed E-state index contributed by atoms with van der Waals surface area (Å²) in [5, 5.41) is 10.2. The van der Waals surface area contributed by atoms with Crippen LogP contribution in [0.25, 0.3) is 6.08 Å². The molecule has 0 radical (unpaired) electrons. The van der Waals surface area contributed by atoms with Crippen molar-refractivity contribution in [1.82, 2.24) is 0 Å². The van der Waals surface area contributed by atoms with Gasteiger partial charge in [-0.25, -0.2) is 0 Å². The molecule has 0 saturated heterocycles. The number of benzene rings is 1. The Kier molecular flexibility index (Phi) is 3.08. The summed E-state index contributed by atoms with van der Waals surface area (Å²) in [6.07, 6.45) is 6.15. The molecule has 3 rings (SSSR count). The summed E-state index contributed by atoms with van der Waals surface area (Å²) in [7, 11) is 0. The summed E-state index contributed by atoms with van der Waals surface area (Å²) in [6.45, 7) is 5.73. The second-order valence-corrected chi connectivity index (χ2v) is 5.96. The van der Waals surface area contributed by atoms with E-state index in [1.165, 1.54) is 6.42 Å². The van der Waals surface area contributed by atoms with Gasteiger partial charge in [-0.3, -0.25) is 4.79 Å². The zero-order chi connectivity index (χ0) is 14.4. The normalized spacial score (nSPS) is 21.6. The standard InChI is InChI=1S/C17H20O3/c1-9-10(2)16-14(11(3)15(9)19)7-13(8-18)17(20-16)12-5-4-6-12/h7-8,12,17,19H,4-6H2,1-3H3. The molecule has 20 heavy (non-hydrogen) atoms. The lowest BCUT2D eigenvalue weighted by molar-refractivity contribution is -0.106. The van der Waals surface area contributed by atoms with E-state index in [4.69, 9.17) is 4.74 Å². The van der Waals surface area contributed by atoms with Gasteiger partial charge in [0.15, 0.2) is 0 Å². The number of carbonyl (C=O) groups is 1. The minimum absolute atomic E-state index is 0.115. The molecule has 1 unspecified atom stereocenters. The van der Waals surface area contributed by atoms with E-state index in [0.29, 0.717) is 17.2 Å². The highest BCUT2D eigenvalue weighted by atomic mass is 16.5. The van der Waals surface area contributed by atoms with E-state index in [-0.39, 0.29) is 6.10 Å². The van der Waals surface area contributed by atoms with E-state index in [1.807, 2.05) is 26.8 Å². The highest BCUT2D eigenvalue weighted by molar-refractivity contribution is 5.87. The number of aldehydes is 1. The first-order valence-electron chi connectivity index (χ1n) is 7.20. The number of phenolic OH excluding ortho intramolecular Hbond substituents is 1. The third kappa shape index (κ3) is 1.76. The van der Waals surface area contributed by atoms with Gasteiger partial charge in [0.1, 0.15) is 23.9 Å². The average molecular weight is 272 g/mol. The molecule has 0 aromatic heterocycles. The zero-order valence-corrected chi connectivity index (χ0v) is 12.2. The van der Waals surface area contributed by atoms with Crippen molar-refractivity contribution in [3.8, 4) is 11.5 Å². The number of phenols is 1. The van der Waals surface area contributed by atoms with Crippen LogP contribution in [0.15, 0.2) is 5.57 Å². The Morgan fingerprint density at radius 1 is 1.20 bits per heavy atom. The van der Waals surface area contributed by atoms with Gasteiger partial charge in [0.05, 0.1) is 0 Å². The molecule has 3 nitrogen and oxygen atoms in total. The Morgan fingerprint density at radius 3 is 2.45 bits per heavy atom. The molecule has 0 bridgehead atoms. The molecule has 1 aromatic carbocycles. The summed E-state index contributed by atoms with van der Waals surface area (Å²) < 4.78 is 6.18. The van der Waals surface area contributed by atoms with Crippen LogP contribution in [0, 0.1) is 26.7 Å². The lowest BCUT2D eigenvalue weighted by Gasteiger charge is -2.37. The minimum Gasteiger partial charge on any atom is -0.507 e. The molecule has 1 aliphatic carbocycles. The number of fused-ring (bicyclic) bond motifs is 1. The molecule has 3 heteroatoms. The van der Waals surface area contributed by atoms with Gasteiger partial charge in [-0.1, -0.05) is 6.42 Å². The van der Waals surface area contributed by atoms with Crippen LogP contribution in [-0.2, 0) is 4.79 Å². The largest absolute Gasteiger partial charge is 0.507 e. The first kappa shape index (κ1) is 13.2. The third-order valence-electron chi connectivity index (χ3n) is 4.86. The van der Waals surface area contributed by atoms with E-state index in [1.54, 1.807) is 0 Å². The van der Waals surface area contributed by atoms with Gasteiger partial charge < -0.3 is 9.84 Å². The van der Waals surface area contributed by atoms with Crippen LogP contribution >= 0.6 is 0 Å². The molecule has 1 atom stereocenters. The van der Waals surface area contributed by atoms with E-state index in [0.717, 1.165) is 47.1 Å². The summed E-state index contributed by atoms with van der Waals surface area (Å²) in [6, 6.07) is 0. The molecule has 2 aliphatic rings. The first-order valence-corrected chi connectivity index (χ1v) is 7.20. The Hall–Kier alpha value is -1.77. The Morgan fingerprint density at radius 2 is 1.90 bits per heavy atom. The fourth-order valence-electron chi connectivity index (χ4n) is 3.11. The summed E-state index contributed by atoms with van der Waals surface area (Å²) >= 11 is 0. The average Bonchev–Trinajstić information content (AvgIpc) is 2.40.